The summed E-state index contributed by atoms with van der Waals surface area (Å²) in [5.41, 5.74) is 10.8. The predicted molar refractivity (Wildman–Crippen MR) is 57.2 cm³/mol. The number of hydrogen-bond acceptors (Lipinski definition) is 2. The van der Waals surface area contributed by atoms with Gasteiger partial charge in [0.15, 0.2) is 5.96 Å². The Morgan fingerprint density at radius 1 is 1.50 bits per heavy atom. The minimum Gasteiger partial charge on any atom is -0.481 e. The van der Waals surface area contributed by atoms with Crippen molar-refractivity contribution in [1.29, 1.82) is 0 Å². The lowest BCUT2D eigenvalue weighted by molar-refractivity contribution is -0.137. The third-order valence-electron chi connectivity index (χ3n) is 1.91. The Balaban J connectivity index is 3.00. The molecule has 16 heavy (non-hydrogen) atoms. The smallest absolute Gasteiger partial charge is 0.305 e. The molecule has 0 radical (unpaired) electrons. The monoisotopic (exact) mass is 225 g/mol. The summed E-state index contributed by atoms with van der Waals surface area (Å²) >= 11 is 0. The largest absolute Gasteiger partial charge is 0.481 e. The highest BCUT2D eigenvalue weighted by Crippen LogP contribution is 2.21. The number of rotatable bonds is 4. The van der Waals surface area contributed by atoms with Gasteiger partial charge in [0, 0.05) is 0 Å². The number of guanidine groups is 1. The topological polar surface area (TPSA) is 102 Å². The molecule has 0 saturated heterocycles. The summed E-state index contributed by atoms with van der Waals surface area (Å²) in [6.07, 6.45) is -0.290. The lowest BCUT2D eigenvalue weighted by Gasteiger charge is -2.10. The SMILES string of the molecule is NC(N)=NC(CC(=O)O)c1cccc(F)c1. The van der Waals surface area contributed by atoms with E-state index < -0.39 is 17.8 Å². The van der Waals surface area contributed by atoms with Gasteiger partial charge in [0.2, 0.25) is 0 Å². The molecule has 0 amide bonds. The Hall–Kier alpha value is -2.11. The van der Waals surface area contributed by atoms with E-state index in [-0.39, 0.29) is 12.4 Å². The van der Waals surface area contributed by atoms with Crippen LogP contribution in [0.1, 0.15) is 18.0 Å². The molecule has 0 aliphatic rings. The summed E-state index contributed by atoms with van der Waals surface area (Å²) < 4.78 is 12.9. The van der Waals surface area contributed by atoms with Gasteiger partial charge in [-0.2, -0.15) is 0 Å². The second-order valence-electron chi connectivity index (χ2n) is 3.22. The number of nitrogens with two attached hydrogens (primary N) is 2. The van der Waals surface area contributed by atoms with Gasteiger partial charge < -0.3 is 16.6 Å². The number of hydrogen-bond donors (Lipinski definition) is 3. The van der Waals surface area contributed by atoms with Crippen molar-refractivity contribution in [3.8, 4) is 0 Å². The fraction of sp³-hybridized carbons (Fsp3) is 0.200. The second-order valence-corrected chi connectivity index (χ2v) is 3.22. The van der Waals surface area contributed by atoms with Crippen LogP contribution in [-0.2, 0) is 4.79 Å². The summed E-state index contributed by atoms with van der Waals surface area (Å²) in [6.45, 7) is 0. The van der Waals surface area contributed by atoms with Gasteiger partial charge in [-0.05, 0) is 17.7 Å². The summed E-state index contributed by atoms with van der Waals surface area (Å²) in [7, 11) is 0. The molecule has 0 spiro atoms. The molecule has 86 valence electrons. The first-order valence-corrected chi connectivity index (χ1v) is 4.55. The van der Waals surface area contributed by atoms with Crippen molar-refractivity contribution in [2.45, 2.75) is 12.5 Å². The second kappa shape index (κ2) is 5.11. The molecular weight excluding hydrogens is 213 g/mol. The van der Waals surface area contributed by atoms with Crippen LogP contribution in [0.15, 0.2) is 29.3 Å². The zero-order chi connectivity index (χ0) is 12.1. The highest BCUT2D eigenvalue weighted by atomic mass is 19.1. The molecule has 6 heteroatoms. The van der Waals surface area contributed by atoms with Crippen molar-refractivity contribution in [3.05, 3.63) is 35.6 Å². The van der Waals surface area contributed by atoms with Crippen LogP contribution in [0.3, 0.4) is 0 Å². The van der Waals surface area contributed by atoms with Crippen molar-refractivity contribution in [1.82, 2.24) is 0 Å². The minimum atomic E-state index is -1.06. The Kier molecular flexibility index (Phi) is 3.82. The van der Waals surface area contributed by atoms with Crippen molar-refractivity contribution in [2.75, 3.05) is 0 Å². The number of carboxylic acid groups (broad SMARTS) is 1. The van der Waals surface area contributed by atoms with Crippen LogP contribution >= 0.6 is 0 Å². The van der Waals surface area contributed by atoms with Crippen LogP contribution in [0.5, 0.6) is 0 Å². The van der Waals surface area contributed by atoms with E-state index in [0.29, 0.717) is 5.56 Å². The number of carbonyl (C=O) groups is 1. The zero-order valence-electron chi connectivity index (χ0n) is 8.43. The molecular formula is C10H12FN3O2. The third-order valence-corrected chi connectivity index (χ3v) is 1.91. The van der Waals surface area contributed by atoms with E-state index in [9.17, 15) is 9.18 Å². The maximum Gasteiger partial charge on any atom is 0.305 e. The molecule has 1 atom stereocenters. The molecule has 1 unspecified atom stereocenters. The van der Waals surface area contributed by atoms with E-state index in [1.165, 1.54) is 18.2 Å². The maximum atomic E-state index is 12.9. The van der Waals surface area contributed by atoms with Crippen molar-refractivity contribution < 1.29 is 14.3 Å². The van der Waals surface area contributed by atoms with E-state index in [1.807, 2.05) is 0 Å². The molecule has 0 aliphatic carbocycles. The molecule has 0 aromatic heterocycles. The van der Waals surface area contributed by atoms with Gasteiger partial charge in [0.05, 0.1) is 12.5 Å². The fourth-order valence-corrected chi connectivity index (χ4v) is 1.30. The lowest BCUT2D eigenvalue weighted by atomic mass is 10.0. The molecule has 0 saturated carbocycles. The Labute approximate surface area is 91.6 Å². The first-order chi connectivity index (χ1) is 7.49. The van der Waals surface area contributed by atoms with Crippen molar-refractivity contribution >= 4 is 11.9 Å². The van der Waals surface area contributed by atoms with E-state index in [4.69, 9.17) is 16.6 Å². The summed E-state index contributed by atoms with van der Waals surface area (Å²) in [5, 5.41) is 8.68. The van der Waals surface area contributed by atoms with E-state index in [1.54, 1.807) is 6.07 Å². The number of nitrogens with zero attached hydrogens (tertiary/aromatic N) is 1. The number of aliphatic imine (C=N–C) groups is 1. The van der Waals surface area contributed by atoms with E-state index in [2.05, 4.69) is 4.99 Å². The summed E-state index contributed by atoms with van der Waals surface area (Å²) in [4.78, 5) is 14.4. The molecule has 0 bridgehead atoms. The van der Waals surface area contributed by atoms with Gasteiger partial charge >= 0.3 is 5.97 Å². The number of halogens is 1. The quantitative estimate of drug-likeness (QED) is 0.516. The molecule has 1 aromatic carbocycles. The molecule has 5 N–H and O–H groups in total. The van der Waals surface area contributed by atoms with Crippen LogP contribution in [0, 0.1) is 5.82 Å². The zero-order valence-corrected chi connectivity index (χ0v) is 8.43. The Morgan fingerprint density at radius 3 is 2.69 bits per heavy atom. The first-order valence-electron chi connectivity index (χ1n) is 4.55. The summed E-state index contributed by atoms with van der Waals surface area (Å²) in [6, 6.07) is 4.75. The van der Waals surface area contributed by atoms with Gasteiger partial charge in [0.1, 0.15) is 5.82 Å². The van der Waals surface area contributed by atoms with Gasteiger partial charge in [-0.15, -0.1) is 0 Å². The predicted octanol–water partition coefficient (Wildman–Crippen LogP) is 0.615. The van der Waals surface area contributed by atoms with Gasteiger partial charge in [-0.3, -0.25) is 4.79 Å². The Bertz CT molecular complexity index is 416. The molecule has 1 rings (SSSR count). The van der Waals surface area contributed by atoms with Crippen LogP contribution in [0.2, 0.25) is 0 Å². The maximum absolute atomic E-state index is 12.9. The van der Waals surface area contributed by atoms with Crippen molar-refractivity contribution in [3.63, 3.8) is 0 Å². The lowest BCUT2D eigenvalue weighted by Crippen LogP contribution is -2.24. The van der Waals surface area contributed by atoms with Crippen LogP contribution < -0.4 is 11.5 Å². The van der Waals surface area contributed by atoms with Crippen molar-refractivity contribution in [2.24, 2.45) is 16.5 Å². The van der Waals surface area contributed by atoms with Crippen LogP contribution in [0.25, 0.3) is 0 Å². The molecule has 0 heterocycles. The number of carboxylic acids is 1. The minimum absolute atomic E-state index is 0.226. The highest BCUT2D eigenvalue weighted by Gasteiger charge is 2.15. The van der Waals surface area contributed by atoms with E-state index >= 15 is 0 Å². The van der Waals surface area contributed by atoms with Crippen LogP contribution in [-0.4, -0.2) is 17.0 Å². The first kappa shape index (κ1) is 12.0. The Morgan fingerprint density at radius 2 is 2.19 bits per heavy atom. The summed E-state index contributed by atoms with van der Waals surface area (Å²) in [5.74, 6) is -1.74. The van der Waals surface area contributed by atoms with Crippen LogP contribution in [0.4, 0.5) is 4.39 Å². The molecule has 0 aliphatic heterocycles. The third kappa shape index (κ3) is 3.56. The fourth-order valence-electron chi connectivity index (χ4n) is 1.30. The van der Waals surface area contributed by atoms with E-state index in [0.717, 1.165) is 0 Å². The average molecular weight is 225 g/mol. The number of benzene rings is 1. The van der Waals surface area contributed by atoms with Gasteiger partial charge in [-0.25, -0.2) is 9.38 Å². The number of aliphatic carboxylic acids is 1. The normalized spacial score (nSPS) is 11.8. The molecule has 1 aromatic rings. The van der Waals surface area contributed by atoms with Gasteiger partial charge in [0.25, 0.3) is 0 Å². The molecule has 5 nitrogen and oxygen atoms in total. The average Bonchev–Trinajstić information content (AvgIpc) is 2.15. The standard InChI is InChI=1S/C10H12FN3O2/c11-7-3-1-2-6(4-7)8(5-9(15)16)14-10(12)13/h1-4,8H,5H2,(H,15,16)(H4,12,13,14). The molecule has 0 fully saturated rings. The highest BCUT2D eigenvalue weighted by molar-refractivity contribution is 5.76. The van der Waals surface area contributed by atoms with Gasteiger partial charge in [-0.1, -0.05) is 12.1 Å².